The number of halogens is 1. The minimum atomic E-state index is -1.98. The normalized spacial score (nSPS) is 22.4. The van der Waals surface area contributed by atoms with Crippen molar-refractivity contribution in [1.82, 2.24) is 9.13 Å². The first kappa shape index (κ1) is 21.2. The van der Waals surface area contributed by atoms with Gasteiger partial charge in [0.25, 0.3) is 5.56 Å². The van der Waals surface area contributed by atoms with E-state index in [1.807, 2.05) is 11.5 Å². The van der Waals surface area contributed by atoms with E-state index in [0.29, 0.717) is 41.9 Å². The van der Waals surface area contributed by atoms with Crippen LogP contribution in [0, 0.1) is 5.82 Å². The maximum atomic E-state index is 15.0. The van der Waals surface area contributed by atoms with Crippen LogP contribution in [-0.2, 0) is 41.2 Å². The molecule has 0 unspecified atom stereocenters. The van der Waals surface area contributed by atoms with Crippen LogP contribution in [0.3, 0.4) is 0 Å². The van der Waals surface area contributed by atoms with Crippen molar-refractivity contribution in [3.05, 3.63) is 66.5 Å². The van der Waals surface area contributed by atoms with E-state index >= 15 is 0 Å². The van der Waals surface area contributed by atoms with Gasteiger partial charge >= 0.3 is 5.97 Å². The van der Waals surface area contributed by atoms with Crippen molar-refractivity contribution >= 4 is 16.9 Å². The molecule has 176 valence electrons. The Morgan fingerprint density at radius 1 is 1.21 bits per heavy atom. The lowest BCUT2D eigenvalue weighted by Gasteiger charge is -2.31. The topological polar surface area (TPSA) is 111 Å². The number of aryl methyl sites for hydroxylation is 2. The van der Waals surface area contributed by atoms with E-state index in [0.717, 1.165) is 0 Å². The Bertz CT molecular complexity index is 1570. The van der Waals surface area contributed by atoms with E-state index in [1.54, 1.807) is 6.92 Å². The first-order valence-electron chi connectivity index (χ1n) is 11.5. The highest BCUT2D eigenvalue weighted by Crippen LogP contribution is 2.41. The molecule has 0 bridgehead atoms. The van der Waals surface area contributed by atoms with Crippen LogP contribution in [0.5, 0.6) is 0 Å². The highest BCUT2D eigenvalue weighted by molar-refractivity contribution is 5.90. The van der Waals surface area contributed by atoms with Crippen molar-refractivity contribution in [1.29, 1.82) is 0 Å². The molecular weight excluding hydrogens is 443 g/mol. The predicted molar refractivity (Wildman–Crippen MR) is 120 cm³/mol. The number of hydrogen-bond acceptors (Lipinski definition) is 6. The third-order valence-electron chi connectivity index (χ3n) is 7.67. The lowest BCUT2D eigenvalue weighted by molar-refractivity contribution is -0.172. The summed E-state index contributed by atoms with van der Waals surface area (Å²) >= 11 is 0. The number of pyridine rings is 2. The van der Waals surface area contributed by atoms with Crippen LogP contribution in [0.4, 0.5) is 4.39 Å². The monoisotopic (exact) mass is 466 g/mol. The Hall–Kier alpha value is -3.30. The maximum absolute atomic E-state index is 15.0. The van der Waals surface area contributed by atoms with Crippen LogP contribution in [0.15, 0.2) is 21.7 Å². The second kappa shape index (κ2) is 6.86. The summed E-state index contributed by atoms with van der Waals surface area (Å²) in [6.07, 6.45) is -0.0711. The average molecular weight is 466 g/mol. The number of aliphatic hydroxyl groups is 2. The van der Waals surface area contributed by atoms with E-state index < -0.39 is 34.5 Å². The van der Waals surface area contributed by atoms with Crippen LogP contribution in [0.1, 0.15) is 60.7 Å². The van der Waals surface area contributed by atoms with Gasteiger partial charge in [0.2, 0.25) is 0 Å². The van der Waals surface area contributed by atoms with Gasteiger partial charge in [0.1, 0.15) is 12.4 Å². The molecule has 2 aliphatic heterocycles. The highest BCUT2D eigenvalue weighted by atomic mass is 19.1. The summed E-state index contributed by atoms with van der Waals surface area (Å²) in [5.74, 6) is -1.44. The Morgan fingerprint density at radius 2 is 1.97 bits per heavy atom. The number of carbonyl (C=O) groups excluding carboxylic acids is 1. The molecule has 2 aromatic heterocycles. The molecule has 9 heteroatoms. The molecule has 0 radical (unpaired) electrons. The number of ether oxygens (including phenoxy) is 1. The van der Waals surface area contributed by atoms with Crippen molar-refractivity contribution < 1.29 is 24.1 Å². The first-order valence-corrected chi connectivity index (χ1v) is 11.5. The summed E-state index contributed by atoms with van der Waals surface area (Å²) in [7, 11) is 0. The van der Waals surface area contributed by atoms with Crippen LogP contribution in [-0.4, -0.2) is 25.3 Å². The molecule has 0 amide bonds. The van der Waals surface area contributed by atoms with Crippen LogP contribution in [0.2, 0.25) is 0 Å². The Balaban J connectivity index is 1.72. The number of benzene rings is 1. The van der Waals surface area contributed by atoms with Gasteiger partial charge in [-0.3, -0.25) is 9.59 Å². The molecule has 6 rings (SSSR count). The summed E-state index contributed by atoms with van der Waals surface area (Å²) in [4.78, 5) is 39.5. The molecule has 0 saturated carbocycles. The SMILES string of the molecule is CCn1c2c(c(=O)c3cc(F)c4c(c31)CC[C@@H]4O)-c1cc3c(c(=O)n1C2)COC(=O)[C@]3(O)CC. The number of aromatic nitrogens is 2. The van der Waals surface area contributed by atoms with Gasteiger partial charge in [-0.1, -0.05) is 6.92 Å². The van der Waals surface area contributed by atoms with E-state index in [1.165, 1.54) is 16.7 Å². The number of cyclic esters (lactones) is 1. The van der Waals surface area contributed by atoms with Gasteiger partial charge in [0.05, 0.1) is 40.7 Å². The summed E-state index contributed by atoms with van der Waals surface area (Å²) in [5.41, 5.74) is 0.163. The molecule has 0 spiro atoms. The fraction of sp³-hybridized carbons (Fsp3) is 0.400. The van der Waals surface area contributed by atoms with E-state index in [9.17, 15) is 29.0 Å². The predicted octanol–water partition coefficient (Wildman–Crippen LogP) is 1.98. The largest absolute Gasteiger partial charge is 0.458 e. The molecule has 3 aromatic rings. The zero-order chi connectivity index (χ0) is 24.1. The summed E-state index contributed by atoms with van der Waals surface area (Å²) in [6.45, 7) is 3.87. The molecule has 34 heavy (non-hydrogen) atoms. The number of hydrogen-bond donors (Lipinski definition) is 2. The van der Waals surface area contributed by atoms with Gasteiger partial charge in [-0.15, -0.1) is 0 Å². The zero-order valence-electron chi connectivity index (χ0n) is 18.8. The van der Waals surface area contributed by atoms with E-state index in [4.69, 9.17) is 4.74 Å². The number of esters is 1. The molecule has 8 nitrogen and oxygen atoms in total. The smallest absolute Gasteiger partial charge is 0.343 e. The number of rotatable bonds is 2. The molecule has 1 aromatic carbocycles. The quantitative estimate of drug-likeness (QED) is 0.437. The van der Waals surface area contributed by atoms with E-state index in [2.05, 4.69) is 0 Å². The second-order valence-corrected chi connectivity index (χ2v) is 9.20. The van der Waals surface area contributed by atoms with Crippen LogP contribution in [0.25, 0.3) is 22.2 Å². The maximum Gasteiger partial charge on any atom is 0.343 e. The highest BCUT2D eigenvalue weighted by Gasteiger charge is 2.45. The Morgan fingerprint density at radius 3 is 2.68 bits per heavy atom. The standard InChI is InChI=1S/C25H23FN2O6/c1-3-25(33)14-8-16-20-17(9-28(16)23(31)13(14)10-34-24(25)32)27(4-2)21-11-5-6-18(29)19(11)15(26)7-12(21)22(20)30/h7-8,18,29,33H,3-6,9-10H2,1-2H3/t18-,25-/m0/s1. The molecule has 2 N–H and O–H groups in total. The average Bonchev–Trinajstić information content (AvgIpc) is 3.40. The van der Waals surface area contributed by atoms with Gasteiger partial charge in [-0.2, -0.15) is 0 Å². The lowest BCUT2D eigenvalue weighted by atomic mass is 9.85. The lowest BCUT2D eigenvalue weighted by Crippen LogP contribution is -2.44. The van der Waals surface area contributed by atoms with Crippen molar-refractivity contribution in [3.8, 4) is 11.3 Å². The summed E-state index contributed by atoms with van der Waals surface area (Å²) in [5, 5.41) is 21.5. The van der Waals surface area contributed by atoms with Gasteiger partial charge in [-0.25, -0.2) is 9.18 Å². The molecular formula is C25H23FN2O6. The first-order chi connectivity index (χ1) is 16.2. The minimum Gasteiger partial charge on any atom is -0.458 e. The number of fused-ring (bicyclic) bond motifs is 7. The van der Waals surface area contributed by atoms with Crippen molar-refractivity contribution in [2.45, 2.75) is 64.5 Å². The molecule has 1 aliphatic carbocycles. The van der Waals surface area contributed by atoms with Crippen LogP contribution < -0.4 is 11.0 Å². The third kappa shape index (κ3) is 2.40. The van der Waals surface area contributed by atoms with Crippen LogP contribution >= 0.6 is 0 Å². The molecule has 0 fully saturated rings. The molecule has 3 aliphatic rings. The Labute approximate surface area is 192 Å². The fourth-order valence-corrected chi connectivity index (χ4v) is 5.95. The zero-order valence-corrected chi connectivity index (χ0v) is 18.8. The van der Waals surface area contributed by atoms with Gasteiger partial charge in [0, 0.05) is 23.1 Å². The van der Waals surface area contributed by atoms with E-state index in [-0.39, 0.29) is 47.2 Å². The van der Waals surface area contributed by atoms with Crippen molar-refractivity contribution in [2.75, 3.05) is 0 Å². The number of carbonyl (C=O) groups is 1. The molecule has 2 atom stereocenters. The summed E-state index contributed by atoms with van der Waals surface area (Å²) < 4.78 is 23.4. The van der Waals surface area contributed by atoms with Gasteiger partial charge in [0.15, 0.2) is 11.0 Å². The van der Waals surface area contributed by atoms with Gasteiger partial charge < -0.3 is 24.1 Å². The fourth-order valence-electron chi connectivity index (χ4n) is 5.95. The molecule has 0 saturated heterocycles. The number of aliphatic hydroxyl groups excluding tert-OH is 1. The number of nitrogens with zero attached hydrogens (tertiary/aromatic N) is 2. The van der Waals surface area contributed by atoms with Crippen molar-refractivity contribution in [2.24, 2.45) is 0 Å². The van der Waals surface area contributed by atoms with Gasteiger partial charge in [-0.05, 0) is 43.9 Å². The second-order valence-electron chi connectivity index (χ2n) is 9.20. The minimum absolute atomic E-state index is 0.00513. The third-order valence-corrected chi connectivity index (χ3v) is 7.67. The molecule has 4 heterocycles. The Kier molecular flexibility index (Phi) is 4.29. The summed E-state index contributed by atoms with van der Waals surface area (Å²) in [6, 6.07) is 2.71. The van der Waals surface area contributed by atoms with Crippen molar-refractivity contribution in [3.63, 3.8) is 0 Å².